The quantitative estimate of drug-likeness (QED) is 0.605. The van der Waals surface area contributed by atoms with Gasteiger partial charge >= 0.3 is 5.97 Å². The Morgan fingerprint density at radius 3 is 2.24 bits per heavy atom. The van der Waals surface area contributed by atoms with Crippen molar-refractivity contribution in [3.63, 3.8) is 0 Å². The molecule has 0 spiro atoms. The fraction of sp³-hybridized carbons (Fsp3) is 0.300. The highest BCUT2D eigenvalue weighted by molar-refractivity contribution is 7.92. The monoisotopic (exact) mass is 422 g/mol. The van der Waals surface area contributed by atoms with E-state index in [9.17, 15) is 22.4 Å². The number of nitrogens with one attached hydrogen (secondary N) is 2. The number of carbonyl (C=O) groups is 2. The summed E-state index contributed by atoms with van der Waals surface area (Å²) >= 11 is 0. The smallest absolute Gasteiger partial charge is 0.338 e. The third-order valence-electron chi connectivity index (χ3n) is 3.87. The molecular formula is C20H23FN2O5S. The van der Waals surface area contributed by atoms with Crippen molar-refractivity contribution in [3.05, 3.63) is 59.9 Å². The molecule has 0 radical (unpaired) electrons. The minimum absolute atomic E-state index is 0.0918. The van der Waals surface area contributed by atoms with Gasteiger partial charge < -0.3 is 10.1 Å². The normalized spacial score (nSPS) is 11.2. The van der Waals surface area contributed by atoms with Gasteiger partial charge in [0.15, 0.2) is 6.61 Å². The van der Waals surface area contributed by atoms with Crippen LogP contribution in [0.4, 0.5) is 10.1 Å². The van der Waals surface area contributed by atoms with Crippen LogP contribution in [0.5, 0.6) is 0 Å². The summed E-state index contributed by atoms with van der Waals surface area (Å²) in [5.41, 5.74) is 0.391. The topological polar surface area (TPSA) is 102 Å². The maximum Gasteiger partial charge on any atom is 0.338 e. The van der Waals surface area contributed by atoms with E-state index >= 15 is 0 Å². The van der Waals surface area contributed by atoms with Crippen LogP contribution in [0.1, 0.15) is 30.6 Å². The van der Waals surface area contributed by atoms with Crippen LogP contribution in [0.15, 0.2) is 53.4 Å². The minimum atomic E-state index is -3.89. The summed E-state index contributed by atoms with van der Waals surface area (Å²) in [6.45, 7) is 4.19. The molecule has 0 unspecified atom stereocenters. The van der Waals surface area contributed by atoms with Crippen LogP contribution in [0, 0.1) is 11.7 Å². The first-order valence-corrected chi connectivity index (χ1v) is 10.5. The highest BCUT2D eigenvalue weighted by Crippen LogP contribution is 2.17. The highest BCUT2D eigenvalue weighted by atomic mass is 32.2. The molecular weight excluding hydrogens is 399 g/mol. The lowest BCUT2D eigenvalue weighted by Gasteiger charge is -2.10. The Labute approximate surface area is 169 Å². The van der Waals surface area contributed by atoms with E-state index in [0.29, 0.717) is 12.5 Å². The molecule has 0 saturated carbocycles. The summed E-state index contributed by atoms with van der Waals surface area (Å²) in [5, 5.41) is 2.66. The first-order chi connectivity index (χ1) is 13.7. The van der Waals surface area contributed by atoms with Gasteiger partial charge in [-0.25, -0.2) is 17.6 Å². The molecule has 0 atom stereocenters. The average molecular weight is 422 g/mol. The van der Waals surface area contributed by atoms with E-state index in [0.717, 1.165) is 30.7 Å². The Balaban J connectivity index is 1.90. The lowest BCUT2D eigenvalue weighted by molar-refractivity contribution is -0.124. The molecule has 0 aliphatic rings. The molecule has 0 aromatic heterocycles. The summed E-state index contributed by atoms with van der Waals surface area (Å²) < 4.78 is 44.8. The molecule has 0 saturated heterocycles. The van der Waals surface area contributed by atoms with Gasteiger partial charge in [0, 0.05) is 12.2 Å². The second-order valence-corrected chi connectivity index (χ2v) is 8.43. The number of rotatable bonds is 9. The van der Waals surface area contributed by atoms with Crippen LogP contribution in [0.3, 0.4) is 0 Å². The van der Waals surface area contributed by atoms with E-state index in [1.54, 1.807) is 0 Å². The van der Waals surface area contributed by atoms with Gasteiger partial charge in [-0.3, -0.25) is 9.52 Å². The number of hydrogen-bond donors (Lipinski definition) is 2. The first kappa shape index (κ1) is 22.4. The van der Waals surface area contributed by atoms with Gasteiger partial charge in [0.1, 0.15) is 5.82 Å². The predicted molar refractivity (Wildman–Crippen MR) is 106 cm³/mol. The van der Waals surface area contributed by atoms with Crippen LogP contribution < -0.4 is 10.0 Å². The van der Waals surface area contributed by atoms with Crippen molar-refractivity contribution in [2.24, 2.45) is 5.92 Å². The van der Waals surface area contributed by atoms with E-state index in [1.165, 1.54) is 24.3 Å². The fourth-order valence-electron chi connectivity index (χ4n) is 2.27. The Hall–Kier alpha value is -2.94. The summed E-state index contributed by atoms with van der Waals surface area (Å²) in [6.07, 6.45) is 0.828. The van der Waals surface area contributed by atoms with Gasteiger partial charge in [-0.1, -0.05) is 13.8 Å². The van der Waals surface area contributed by atoms with Crippen LogP contribution in [0.25, 0.3) is 0 Å². The van der Waals surface area contributed by atoms with Crippen molar-refractivity contribution >= 4 is 27.6 Å². The second-order valence-electron chi connectivity index (χ2n) is 6.75. The molecule has 2 N–H and O–H groups in total. The Morgan fingerprint density at radius 2 is 1.66 bits per heavy atom. The van der Waals surface area contributed by atoms with Crippen molar-refractivity contribution in [2.45, 2.75) is 25.2 Å². The molecule has 29 heavy (non-hydrogen) atoms. The Kier molecular flexibility index (Phi) is 7.72. The zero-order valence-electron chi connectivity index (χ0n) is 16.1. The van der Waals surface area contributed by atoms with Crippen LogP contribution in [-0.2, 0) is 19.6 Å². The minimum Gasteiger partial charge on any atom is -0.452 e. The van der Waals surface area contributed by atoms with Crippen molar-refractivity contribution in [3.8, 4) is 0 Å². The predicted octanol–water partition coefficient (Wildman–Crippen LogP) is 2.95. The van der Waals surface area contributed by atoms with E-state index < -0.39 is 28.4 Å². The molecule has 156 valence electrons. The van der Waals surface area contributed by atoms with Gasteiger partial charge in [-0.2, -0.15) is 0 Å². The van der Waals surface area contributed by atoms with Crippen LogP contribution in [-0.4, -0.2) is 33.4 Å². The van der Waals surface area contributed by atoms with E-state index in [4.69, 9.17) is 4.74 Å². The molecule has 2 rings (SSSR count). The molecule has 7 nitrogen and oxygen atoms in total. The average Bonchev–Trinajstić information content (AvgIpc) is 2.66. The molecule has 0 heterocycles. The molecule has 0 bridgehead atoms. The maximum atomic E-state index is 12.9. The number of ether oxygens (including phenoxy) is 1. The lowest BCUT2D eigenvalue weighted by Crippen LogP contribution is -2.30. The summed E-state index contributed by atoms with van der Waals surface area (Å²) in [6, 6.07) is 9.92. The van der Waals surface area contributed by atoms with Crippen molar-refractivity contribution < 1.29 is 27.1 Å². The number of halogens is 1. The van der Waals surface area contributed by atoms with Crippen LogP contribution >= 0.6 is 0 Å². The molecule has 1 amide bonds. The number of amides is 1. The van der Waals surface area contributed by atoms with E-state index in [1.807, 2.05) is 13.8 Å². The lowest BCUT2D eigenvalue weighted by atomic mass is 10.1. The molecule has 2 aromatic carbocycles. The van der Waals surface area contributed by atoms with Crippen LogP contribution in [0.2, 0.25) is 0 Å². The van der Waals surface area contributed by atoms with Gasteiger partial charge in [0.2, 0.25) is 0 Å². The van der Waals surface area contributed by atoms with E-state index in [2.05, 4.69) is 10.0 Å². The fourth-order valence-corrected chi connectivity index (χ4v) is 3.33. The molecule has 9 heteroatoms. The van der Waals surface area contributed by atoms with Gasteiger partial charge in [-0.15, -0.1) is 0 Å². The van der Waals surface area contributed by atoms with Gasteiger partial charge in [-0.05, 0) is 60.9 Å². The Morgan fingerprint density at radius 1 is 1.03 bits per heavy atom. The number of benzene rings is 2. The zero-order valence-corrected chi connectivity index (χ0v) is 17.0. The summed E-state index contributed by atoms with van der Waals surface area (Å²) in [5.74, 6) is -1.17. The Bertz CT molecular complexity index is 942. The number of esters is 1. The third-order valence-corrected chi connectivity index (χ3v) is 5.27. The molecule has 0 aliphatic heterocycles. The van der Waals surface area contributed by atoms with Crippen molar-refractivity contribution in [2.75, 3.05) is 17.9 Å². The molecule has 0 aliphatic carbocycles. The number of hydrogen-bond acceptors (Lipinski definition) is 5. The number of anilines is 1. The standard InChI is InChI=1S/C20H23FN2O5S/c1-14(2)11-12-22-19(24)13-28-20(25)15-3-7-17(8-4-15)23-29(26,27)18-9-5-16(21)6-10-18/h3-10,14,23H,11-13H2,1-2H3,(H,22,24). The van der Waals surface area contributed by atoms with Gasteiger partial charge in [0.25, 0.3) is 15.9 Å². The SMILES string of the molecule is CC(C)CCNC(=O)COC(=O)c1ccc(NS(=O)(=O)c2ccc(F)cc2)cc1. The number of sulfonamides is 1. The van der Waals surface area contributed by atoms with E-state index in [-0.39, 0.29) is 22.1 Å². The number of carbonyl (C=O) groups excluding carboxylic acids is 2. The highest BCUT2D eigenvalue weighted by Gasteiger charge is 2.15. The largest absolute Gasteiger partial charge is 0.452 e. The maximum absolute atomic E-state index is 12.9. The zero-order chi connectivity index (χ0) is 21.4. The van der Waals surface area contributed by atoms with Crippen molar-refractivity contribution in [1.82, 2.24) is 5.32 Å². The third kappa shape index (κ3) is 7.19. The summed E-state index contributed by atoms with van der Waals surface area (Å²) in [7, 11) is -3.89. The van der Waals surface area contributed by atoms with Gasteiger partial charge in [0.05, 0.1) is 10.5 Å². The second kappa shape index (κ2) is 10.0. The molecule has 0 fully saturated rings. The van der Waals surface area contributed by atoms with Crippen molar-refractivity contribution in [1.29, 1.82) is 0 Å². The first-order valence-electron chi connectivity index (χ1n) is 8.99. The summed E-state index contributed by atoms with van der Waals surface area (Å²) in [4.78, 5) is 23.6. The molecule has 2 aromatic rings.